The molecule has 0 aromatic carbocycles. The minimum Gasteiger partial charge on any atom is -0.312 e. The first-order valence-electron chi connectivity index (χ1n) is 9.12. The molecule has 0 bridgehead atoms. The van der Waals surface area contributed by atoms with E-state index in [0.717, 1.165) is 12.0 Å². The Morgan fingerprint density at radius 2 is 1.86 bits per heavy atom. The number of likely N-dealkylation sites (tertiary alicyclic amines) is 2. The number of nitrogens with one attached hydrogen (secondary N) is 1. The molecule has 21 heavy (non-hydrogen) atoms. The van der Waals surface area contributed by atoms with Gasteiger partial charge in [0, 0.05) is 18.1 Å². The molecule has 2 aliphatic rings. The molecule has 2 aliphatic heterocycles. The van der Waals surface area contributed by atoms with Gasteiger partial charge in [0.25, 0.3) is 0 Å². The molecule has 2 atom stereocenters. The van der Waals surface area contributed by atoms with Crippen LogP contribution < -0.4 is 5.32 Å². The zero-order chi connectivity index (χ0) is 15.3. The van der Waals surface area contributed by atoms with E-state index in [1.54, 1.807) is 0 Å². The smallest absolute Gasteiger partial charge is 0.0104 e. The summed E-state index contributed by atoms with van der Waals surface area (Å²) in [5.74, 6) is 0.849. The van der Waals surface area contributed by atoms with Crippen molar-refractivity contribution >= 4 is 0 Å². The molecule has 0 aromatic rings. The minimum absolute atomic E-state index is 0.257. The predicted octanol–water partition coefficient (Wildman–Crippen LogP) is 2.96. The molecule has 2 unspecified atom stereocenters. The zero-order valence-electron chi connectivity index (χ0n) is 14.8. The SMILES string of the molecule is CN1CCCCC1CCN1CCCC(CNC(C)(C)C)C1. The van der Waals surface area contributed by atoms with Gasteiger partial charge in [-0.3, -0.25) is 0 Å². The van der Waals surface area contributed by atoms with E-state index in [9.17, 15) is 0 Å². The fourth-order valence-corrected chi connectivity index (χ4v) is 3.81. The normalized spacial score (nSPS) is 29.7. The molecule has 2 fully saturated rings. The quantitative estimate of drug-likeness (QED) is 0.841. The van der Waals surface area contributed by atoms with Crippen LogP contribution in [0.5, 0.6) is 0 Å². The molecule has 2 saturated heterocycles. The summed E-state index contributed by atoms with van der Waals surface area (Å²) >= 11 is 0. The third-order valence-corrected chi connectivity index (χ3v) is 5.22. The number of hydrogen-bond acceptors (Lipinski definition) is 3. The summed E-state index contributed by atoms with van der Waals surface area (Å²) in [6.45, 7) is 13.2. The lowest BCUT2D eigenvalue weighted by molar-refractivity contribution is 0.126. The van der Waals surface area contributed by atoms with Gasteiger partial charge in [-0.15, -0.1) is 0 Å². The highest BCUT2D eigenvalue weighted by Crippen LogP contribution is 2.21. The summed E-state index contributed by atoms with van der Waals surface area (Å²) in [7, 11) is 2.32. The van der Waals surface area contributed by atoms with Crippen LogP contribution in [0.3, 0.4) is 0 Å². The van der Waals surface area contributed by atoms with Crippen LogP contribution in [0.4, 0.5) is 0 Å². The molecule has 0 saturated carbocycles. The summed E-state index contributed by atoms with van der Waals surface area (Å²) < 4.78 is 0. The van der Waals surface area contributed by atoms with Crippen molar-refractivity contribution in [3.8, 4) is 0 Å². The van der Waals surface area contributed by atoms with Gasteiger partial charge in [0.2, 0.25) is 0 Å². The van der Waals surface area contributed by atoms with Crippen LogP contribution in [-0.2, 0) is 0 Å². The number of hydrogen-bond donors (Lipinski definition) is 1. The number of rotatable bonds is 5. The minimum atomic E-state index is 0.257. The molecule has 3 heteroatoms. The first-order valence-corrected chi connectivity index (χ1v) is 9.12. The van der Waals surface area contributed by atoms with Crippen LogP contribution in [0, 0.1) is 5.92 Å². The van der Waals surface area contributed by atoms with Crippen molar-refractivity contribution in [3.63, 3.8) is 0 Å². The van der Waals surface area contributed by atoms with Crippen LogP contribution in [0.1, 0.15) is 59.3 Å². The Morgan fingerprint density at radius 3 is 2.57 bits per heavy atom. The van der Waals surface area contributed by atoms with Crippen molar-refractivity contribution in [1.82, 2.24) is 15.1 Å². The largest absolute Gasteiger partial charge is 0.312 e. The van der Waals surface area contributed by atoms with Crippen molar-refractivity contribution in [2.45, 2.75) is 70.9 Å². The fraction of sp³-hybridized carbons (Fsp3) is 1.00. The van der Waals surface area contributed by atoms with E-state index in [1.165, 1.54) is 71.2 Å². The highest BCUT2D eigenvalue weighted by atomic mass is 15.2. The van der Waals surface area contributed by atoms with E-state index < -0.39 is 0 Å². The standard InChI is InChI=1S/C18H37N3/c1-18(2,3)19-14-16-8-7-12-21(15-16)13-10-17-9-5-6-11-20(17)4/h16-17,19H,5-15H2,1-4H3. The highest BCUT2D eigenvalue weighted by Gasteiger charge is 2.24. The van der Waals surface area contributed by atoms with Gasteiger partial charge in [-0.25, -0.2) is 0 Å². The summed E-state index contributed by atoms with van der Waals surface area (Å²) in [5, 5.41) is 3.69. The molecule has 2 rings (SSSR count). The van der Waals surface area contributed by atoms with Crippen LogP contribution in [0.2, 0.25) is 0 Å². The first kappa shape index (κ1) is 17.2. The summed E-state index contributed by atoms with van der Waals surface area (Å²) in [5.41, 5.74) is 0.257. The van der Waals surface area contributed by atoms with Crippen molar-refractivity contribution < 1.29 is 0 Å². The molecule has 0 amide bonds. The van der Waals surface area contributed by atoms with Crippen LogP contribution in [0.25, 0.3) is 0 Å². The predicted molar refractivity (Wildman–Crippen MR) is 91.8 cm³/mol. The second-order valence-corrected chi connectivity index (χ2v) is 8.36. The molecule has 0 radical (unpaired) electrons. The molecule has 0 aromatic heterocycles. The van der Waals surface area contributed by atoms with Gasteiger partial charge in [-0.1, -0.05) is 6.42 Å². The summed E-state index contributed by atoms with van der Waals surface area (Å²) in [4.78, 5) is 5.31. The lowest BCUT2D eigenvalue weighted by atomic mass is 9.95. The molecule has 1 N–H and O–H groups in total. The van der Waals surface area contributed by atoms with Crippen LogP contribution >= 0.6 is 0 Å². The van der Waals surface area contributed by atoms with Gasteiger partial charge in [0.1, 0.15) is 0 Å². The van der Waals surface area contributed by atoms with Gasteiger partial charge < -0.3 is 15.1 Å². The molecule has 2 heterocycles. The summed E-state index contributed by atoms with van der Waals surface area (Å²) in [6.07, 6.45) is 8.42. The van der Waals surface area contributed by atoms with Crippen LogP contribution in [0.15, 0.2) is 0 Å². The Hall–Kier alpha value is -0.120. The van der Waals surface area contributed by atoms with Gasteiger partial charge in [0.05, 0.1) is 0 Å². The van der Waals surface area contributed by atoms with Gasteiger partial charge >= 0.3 is 0 Å². The molecule has 124 valence electrons. The monoisotopic (exact) mass is 295 g/mol. The Bertz CT molecular complexity index is 297. The lowest BCUT2D eigenvalue weighted by Gasteiger charge is -2.37. The second kappa shape index (κ2) is 7.94. The molecule has 0 aliphatic carbocycles. The van der Waals surface area contributed by atoms with Crippen molar-refractivity contribution in [3.05, 3.63) is 0 Å². The van der Waals surface area contributed by atoms with E-state index in [4.69, 9.17) is 0 Å². The summed E-state index contributed by atoms with van der Waals surface area (Å²) in [6, 6.07) is 0.840. The number of piperidine rings is 2. The van der Waals surface area contributed by atoms with Gasteiger partial charge in [-0.2, -0.15) is 0 Å². The number of nitrogens with zero attached hydrogens (tertiary/aromatic N) is 2. The van der Waals surface area contributed by atoms with Crippen molar-refractivity contribution in [2.24, 2.45) is 5.92 Å². The third kappa shape index (κ3) is 6.25. The van der Waals surface area contributed by atoms with E-state index in [-0.39, 0.29) is 5.54 Å². The van der Waals surface area contributed by atoms with Crippen molar-refractivity contribution in [1.29, 1.82) is 0 Å². The zero-order valence-corrected chi connectivity index (χ0v) is 14.8. The lowest BCUT2D eigenvalue weighted by Crippen LogP contribution is -2.46. The van der Waals surface area contributed by atoms with E-state index in [2.05, 4.69) is 42.9 Å². The Kier molecular flexibility index (Phi) is 6.51. The van der Waals surface area contributed by atoms with E-state index in [1.807, 2.05) is 0 Å². The van der Waals surface area contributed by atoms with Gasteiger partial charge in [-0.05, 0) is 92.0 Å². The molecule has 3 nitrogen and oxygen atoms in total. The highest BCUT2D eigenvalue weighted by molar-refractivity contribution is 4.81. The maximum absolute atomic E-state index is 3.69. The second-order valence-electron chi connectivity index (χ2n) is 8.36. The maximum atomic E-state index is 3.69. The third-order valence-electron chi connectivity index (χ3n) is 5.22. The average molecular weight is 296 g/mol. The molecular formula is C18H37N3. The van der Waals surface area contributed by atoms with Crippen molar-refractivity contribution in [2.75, 3.05) is 39.8 Å². The Labute approximate surface area is 132 Å². The topological polar surface area (TPSA) is 18.5 Å². The Morgan fingerprint density at radius 1 is 1.05 bits per heavy atom. The van der Waals surface area contributed by atoms with E-state index in [0.29, 0.717) is 0 Å². The fourth-order valence-electron chi connectivity index (χ4n) is 3.81. The molecule has 0 spiro atoms. The first-order chi connectivity index (χ1) is 9.94. The maximum Gasteiger partial charge on any atom is 0.0104 e. The van der Waals surface area contributed by atoms with Gasteiger partial charge in [0.15, 0.2) is 0 Å². The van der Waals surface area contributed by atoms with E-state index >= 15 is 0 Å². The molecular weight excluding hydrogens is 258 g/mol. The Balaban J connectivity index is 1.68. The van der Waals surface area contributed by atoms with Crippen LogP contribution in [-0.4, -0.2) is 61.2 Å². The average Bonchev–Trinajstić information content (AvgIpc) is 2.44.